The van der Waals surface area contributed by atoms with Gasteiger partial charge in [0.05, 0.1) is 11.4 Å². The van der Waals surface area contributed by atoms with Crippen molar-refractivity contribution in [2.75, 3.05) is 4.72 Å². The number of nitrogens with zero attached hydrogens (tertiary/aromatic N) is 2. The summed E-state index contributed by atoms with van der Waals surface area (Å²) in [5.74, 6) is -0.883. The van der Waals surface area contributed by atoms with Crippen molar-refractivity contribution < 1.29 is 12.8 Å². The van der Waals surface area contributed by atoms with Crippen LogP contribution in [-0.4, -0.2) is 13.4 Å². The van der Waals surface area contributed by atoms with Gasteiger partial charge in [-0.2, -0.15) is 5.26 Å². The Morgan fingerprint density at radius 1 is 1.33 bits per heavy atom. The molecule has 0 amide bonds. The predicted octanol–water partition coefficient (Wildman–Crippen LogP) is 2.96. The highest BCUT2D eigenvalue weighted by Crippen LogP contribution is 2.23. The monoisotopic (exact) mass is 369 g/mol. The fourth-order valence-electron chi connectivity index (χ4n) is 1.67. The van der Waals surface area contributed by atoms with Gasteiger partial charge < -0.3 is 0 Å². The van der Waals surface area contributed by atoms with Gasteiger partial charge in [0, 0.05) is 0 Å². The molecule has 0 atom stereocenters. The molecule has 0 radical (unpaired) electrons. The average molecular weight is 370 g/mol. The number of nitrogens with one attached hydrogen (secondary N) is 1. The minimum absolute atomic E-state index is 0.256. The number of nitriles is 1. The molecule has 0 fully saturated rings. The van der Waals surface area contributed by atoms with Crippen molar-refractivity contribution in [3.8, 4) is 6.07 Å². The molecule has 2 rings (SSSR count). The van der Waals surface area contributed by atoms with E-state index >= 15 is 0 Å². The number of sulfonamides is 1. The van der Waals surface area contributed by atoms with E-state index in [1.165, 1.54) is 18.2 Å². The zero-order chi connectivity index (χ0) is 15.6. The molecule has 1 aromatic carbocycles. The number of benzene rings is 1. The Hall–Kier alpha value is -1.98. The SMILES string of the molecule is Cc1nc(Br)ccc1NS(=O)(=O)c1cccc(F)c1C#N. The molecule has 5 nitrogen and oxygen atoms in total. The van der Waals surface area contributed by atoms with E-state index in [-0.39, 0.29) is 5.69 Å². The molecule has 8 heteroatoms. The first-order valence-electron chi connectivity index (χ1n) is 5.70. The third-order valence-corrected chi connectivity index (χ3v) is 4.52. The second kappa shape index (κ2) is 5.79. The smallest absolute Gasteiger partial charge is 0.263 e. The lowest BCUT2D eigenvalue weighted by atomic mass is 10.2. The molecule has 1 heterocycles. The van der Waals surface area contributed by atoms with Crippen molar-refractivity contribution in [3.63, 3.8) is 0 Å². The molecule has 0 bridgehead atoms. The van der Waals surface area contributed by atoms with Gasteiger partial charge in [-0.15, -0.1) is 0 Å². The normalized spacial score (nSPS) is 11.0. The van der Waals surface area contributed by atoms with Gasteiger partial charge in [0.25, 0.3) is 10.0 Å². The Balaban J connectivity index is 2.49. The molecular weight excluding hydrogens is 361 g/mol. The zero-order valence-electron chi connectivity index (χ0n) is 10.8. The van der Waals surface area contributed by atoms with Crippen LogP contribution in [0.5, 0.6) is 0 Å². The van der Waals surface area contributed by atoms with Crippen molar-refractivity contribution in [3.05, 3.63) is 52.0 Å². The summed E-state index contributed by atoms with van der Waals surface area (Å²) in [6.07, 6.45) is 0. The Bertz CT molecular complexity index is 847. The Kier molecular flexibility index (Phi) is 4.25. The summed E-state index contributed by atoms with van der Waals surface area (Å²) >= 11 is 3.17. The van der Waals surface area contributed by atoms with Gasteiger partial charge in [-0.3, -0.25) is 4.72 Å². The number of pyridine rings is 1. The second-order valence-corrected chi connectivity index (χ2v) is 6.56. The van der Waals surface area contributed by atoms with Gasteiger partial charge in [0.15, 0.2) is 0 Å². The number of anilines is 1. The van der Waals surface area contributed by atoms with Crippen LogP contribution in [0, 0.1) is 24.1 Å². The van der Waals surface area contributed by atoms with Crippen LogP contribution < -0.4 is 4.72 Å². The van der Waals surface area contributed by atoms with Crippen molar-refractivity contribution in [1.29, 1.82) is 5.26 Å². The summed E-state index contributed by atoms with van der Waals surface area (Å²) in [6.45, 7) is 1.62. The fourth-order valence-corrected chi connectivity index (χ4v) is 3.36. The van der Waals surface area contributed by atoms with Crippen LogP contribution in [-0.2, 0) is 10.0 Å². The Morgan fingerprint density at radius 3 is 2.67 bits per heavy atom. The third kappa shape index (κ3) is 3.20. The van der Waals surface area contributed by atoms with Crippen LogP contribution in [0.15, 0.2) is 39.8 Å². The number of rotatable bonds is 3. The quantitative estimate of drug-likeness (QED) is 0.843. The van der Waals surface area contributed by atoms with Gasteiger partial charge in [-0.05, 0) is 47.1 Å². The molecule has 108 valence electrons. The lowest BCUT2D eigenvalue weighted by Crippen LogP contribution is -2.16. The number of aromatic nitrogens is 1. The maximum Gasteiger partial charge on any atom is 0.263 e. The van der Waals surface area contributed by atoms with Gasteiger partial charge in [-0.25, -0.2) is 17.8 Å². The van der Waals surface area contributed by atoms with Crippen LogP contribution in [0.2, 0.25) is 0 Å². The number of aryl methyl sites for hydroxylation is 1. The first kappa shape index (κ1) is 15.4. The van der Waals surface area contributed by atoms with E-state index in [9.17, 15) is 12.8 Å². The molecule has 2 aromatic rings. The number of hydrogen-bond acceptors (Lipinski definition) is 4. The summed E-state index contributed by atoms with van der Waals surface area (Å²) in [7, 11) is -4.08. The first-order valence-corrected chi connectivity index (χ1v) is 7.97. The van der Waals surface area contributed by atoms with E-state index in [1.807, 2.05) is 0 Å². The van der Waals surface area contributed by atoms with E-state index in [0.717, 1.165) is 6.07 Å². The van der Waals surface area contributed by atoms with E-state index < -0.39 is 26.3 Å². The molecule has 0 aliphatic rings. The van der Waals surface area contributed by atoms with E-state index in [1.54, 1.807) is 19.1 Å². The van der Waals surface area contributed by atoms with Crippen LogP contribution >= 0.6 is 15.9 Å². The molecular formula is C13H9BrFN3O2S. The van der Waals surface area contributed by atoms with Gasteiger partial charge in [0.1, 0.15) is 26.9 Å². The van der Waals surface area contributed by atoms with E-state index in [4.69, 9.17) is 5.26 Å². The molecule has 0 aliphatic heterocycles. The second-order valence-electron chi connectivity index (χ2n) is 4.10. The minimum atomic E-state index is -4.08. The topological polar surface area (TPSA) is 82.8 Å². The maximum atomic E-state index is 13.5. The largest absolute Gasteiger partial charge is 0.278 e. The third-order valence-electron chi connectivity index (χ3n) is 2.67. The molecule has 1 N–H and O–H groups in total. The van der Waals surface area contributed by atoms with Crippen molar-refractivity contribution in [2.24, 2.45) is 0 Å². The first-order chi connectivity index (χ1) is 9.85. The predicted molar refractivity (Wildman–Crippen MR) is 78.6 cm³/mol. The molecule has 0 saturated carbocycles. The zero-order valence-corrected chi connectivity index (χ0v) is 13.2. The van der Waals surface area contributed by atoms with E-state index in [2.05, 4.69) is 25.6 Å². The van der Waals surface area contributed by atoms with Crippen molar-refractivity contribution in [2.45, 2.75) is 11.8 Å². The summed E-state index contributed by atoms with van der Waals surface area (Å²) in [5.41, 5.74) is 0.182. The molecule has 0 spiro atoms. The lowest BCUT2D eigenvalue weighted by Gasteiger charge is -2.11. The van der Waals surface area contributed by atoms with Gasteiger partial charge in [0.2, 0.25) is 0 Å². The highest BCUT2D eigenvalue weighted by Gasteiger charge is 2.22. The summed E-state index contributed by atoms with van der Waals surface area (Å²) in [5, 5.41) is 8.92. The van der Waals surface area contributed by atoms with Crippen LogP contribution in [0.3, 0.4) is 0 Å². The standard InChI is InChI=1S/C13H9BrFN3O2S/c1-8-11(5-6-13(14)17-8)18-21(19,20)12-4-2-3-10(15)9(12)7-16/h2-6,18H,1H3. The van der Waals surface area contributed by atoms with Crippen LogP contribution in [0.1, 0.15) is 11.3 Å². The maximum absolute atomic E-state index is 13.5. The van der Waals surface area contributed by atoms with Crippen LogP contribution in [0.25, 0.3) is 0 Å². The lowest BCUT2D eigenvalue weighted by molar-refractivity contribution is 0.593. The summed E-state index contributed by atoms with van der Waals surface area (Å²) < 4.78 is 41.0. The Labute approximate surface area is 129 Å². The van der Waals surface area contributed by atoms with Gasteiger partial charge in [-0.1, -0.05) is 6.07 Å². The molecule has 1 aromatic heterocycles. The molecule has 21 heavy (non-hydrogen) atoms. The molecule has 0 aliphatic carbocycles. The fraction of sp³-hybridized carbons (Fsp3) is 0.0769. The average Bonchev–Trinajstić information content (AvgIpc) is 2.41. The minimum Gasteiger partial charge on any atom is -0.278 e. The number of halogens is 2. The molecule has 0 saturated heterocycles. The van der Waals surface area contributed by atoms with Crippen LogP contribution in [0.4, 0.5) is 10.1 Å². The Morgan fingerprint density at radius 2 is 2.05 bits per heavy atom. The highest BCUT2D eigenvalue weighted by atomic mass is 79.9. The summed E-state index contributed by atoms with van der Waals surface area (Å²) in [4.78, 5) is 3.65. The van der Waals surface area contributed by atoms with Gasteiger partial charge >= 0.3 is 0 Å². The van der Waals surface area contributed by atoms with E-state index in [0.29, 0.717) is 10.3 Å². The highest BCUT2D eigenvalue weighted by molar-refractivity contribution is 9.10. The summed E-state index contributed by atoms with van der Waals surface area (Å²) in [6, 6.07) is 8.09. The molecule has 0 unspecified atom stereocenters. The van der Waals surface area contributed by atoms with Crippen molar-refractivity contribution in [1.82, 2.24) is 4.98 Å². The number of hydrogen-bond donors (Lipinski definition) is 1. The van der Waals surface area contributed by atoms with Crippen molar-refractivity contribution >= 4 is 31.6 Å².